The fourth-order valence-electron chi connectivity index (χ4n) is 3.00. The van der Waals surface area contributed by atoms with E-state index < -0.39 is 0 Å². The summed E-state index contributed by atoms with van der Waals surface area (Å²) in [7, 11) is 0. The molecule has 0 spiro atoms. The molecule has 2 nitrogen and oxygen atoms in total. The quantitative estimate of drug-likeness (QED) is 0.896. The minimum atomic E-state index is -0.319. The van der Waals surface area contributed by atoms with Crippen LogP contribution in [0.4, 0.5) is 15.8 Å². The second-order valence-corrected chi connectivity index (χ2v) is 5.35. The first-order valence-corrected chi connectivity index (χ1v) is 7.08. The van der Waals surface area contributed by atoms with Crippen molar-refractivity contribution in [2.45, 2.75) is 25.8 Å². The van der Waals surface area contributed by atoms with Crippen molar-refractivity contribution in [3.05, 3.63) is 59.4 Å². The number of anilines is 2. The zero-order valence-electron chi connectivity index (χ0n) is 11.6. The van der Waals surface area contributed by atoms with Crippen LogP contribution in [0.25, 0.3) is 0 Å². The molecule has 0 saturated heterocycles. The highest BCUT2D eigenvalue weighted by Crippen LogP contribution is 2.37. The van der Waals surface area contributed by atoms with E-state index in [0.29, 0.717) is 5.56 Å². The van der Waals surface area contributed by atoms with Crippen LogP contribution in [0.1, 0.15) is 30.5 Å². The number of hydrogen-bond acceptors (Lipinski definition) is 2. The molecule has 1 aliphatic heterocycles. The minimum absolute atomic E-state index is 0.222. The molecule has 3 heteroatoms. The van der Waals surface area contributed by atoms with Gasteiger partial charge in [-0.05, 0) is 43.5 Å². The number of rotatable bonds is 2. The van der Waals surface area contributed by atoms with Gasteiger partial charge in [-0.25, -0.2) is 4.39 Å². The Morgan fingerprint density at radius 1 is 1.10 bits per heavy atom. The van der Waals surface area contributed by atoms with Gasteiger partial charge in [-0.2, -0.15) is 0 Å². The van der Waals surface area contributed by atoms with E-state index >= 15 is 0 Å². The lowest BCUT2D eigenvalue weighted by atomic mass is 9.98. The number of aryl methyl sites for hydroxylation is 1. The third kappa shape index (κ3) is 2.18. The van der Waals surface area contributed by atoms with Gasteiger partial charge in [0.25, 0.3) is 0 Å². The maximum absolute atomic E-state index is 14.1. The molecular weight excluding hydrogens is 251 g/mol. The Bertz CT molecular complexity index is 622. The van der Waals surface area contributed by atoms with Crippen LogP contribution in [0.15, 0.2) is 42.5 Å². The molecule has 20 heavy (non-hydrogen) atoms. The number of halogens is 1. The van der Waals surface area contributed by atoms with Gasteiger partial charge >= 0.3 is 0 Å². The summed E-state index contributed by atoms with van der Waals surface area (Å²) in [5, 5.41) is 0. The molecule has 2 N–H and O–H groups in total. The van der Waals surface area contributed by atoms with Gasteiger partial charge in [0.2, 0.25) is 0 Å². The summed E-state index contributed by atoms with van der Waals surface area (Å²) in [6.07, 6.45) is 2.15. The molecule has 0 radical (unpaired) electrons. The molecule has 3 rings (SSSR count). The number of fused-ring (bicyclic) bond motifs is 1. The van der Waals surface area contributed by atoms with Crippen molar-refractivity contribution in [2.75, 3.05) is 11.4 Å². The van der Waals surface area contributed by atoms with Gasteiger partial charge < -0.3 is 10.6 Å². The van der Waals surface area contributed by atoms with Crippen molar-refractivity contribution in [1.29, 1.82) is 0 Å². The van der Waals surface area contributed by atoms with E-state index in [0.717, 1.165) is 25.1 Å². The lowest BCUT2D eigenvalue weighted by Gasteiger charge is -2.33. The van der Waals surface area contributed by atoms with Crippen molar-refractivity contribution in [3.8, 4) is 0 Å². The first kappa shape index (κ1) is 13.1. The third-order valence-corrected chi connectivity index (χ3v) is 3.89. The number of hydrogen-bond donors (Lipinski definition) is 1. The molecule has 104 valence electrons. The normalized spacial score (nSPS) is 15.8. The van der Waals surface area contributed by atoms with Gasteiger partial charge in [0, 0.05) is 29.5 Å². The van der Waals surface area contributed by atoms with Crippen molar-refractivity contribution in [1.82, 2.24) is 0 Å². The highest BCUT2D eigenvalue weighted by Gasteiger charge is 2.22. The molecule has 0 aromatic heterocycles. The average molecular weight is 270 g/mol. The molecule has 0 fully saturated rings. The second-order valence-electron chi connectivity index (χ2n) is 5.35. The van der Waals surface area contributed by atoms with Crippen LogP contribution in [0.2, 0.25) is 0 Å². The van der Waals surface area contributed by atoms with Crippen LogP contribution in [0.3, 0.4) is 0 Å². The molecular formula is C17H19FN2. The Morgan fingerprint density at radius 2 is 1.85 bits per heavy atom. The summed E-state index contributed by atoms with van der Waals surface area (Å²) in [6.45, 7) is 2.73. The second kappa shape index (κ2) is 5.25. The Morgan fingerprint density at radius 3 is 2.65 bits per heavy atom. The zero-order valence-corrected chi connectivity index (χ0v) is 11.6. The maximum atomic E-state index is 14.1. The summed E-state index contributed by atoms with van der Waals surface area (Å²) < 4.78 is 14.1. The summed E-state index contributed by atoms with van der Waals surface area (Å²) in [6, 6.07) is 13.2. The maximum Gasteiger partial charge on any atom is 0.130 e. The van der Waals surface area contributed by atoms with Crippen molar-refractivity contribution < 1.29 is 4.39 Å². The van der Waals surface area contributed by atoms with Crippen LogP contribution >= 0.6 is 0 Å². The molecule has 1 aliphatic rings. The van der Waals surface area contributed by atoms with Crippen LogP contribution in [-0.2, 0) is 6.42 Å². The number of benzene rings is 2. The lowest BCUT2D eigenvalue weighted by Crippen LogP contribution is -2.26. The number of nitrogens with two attached hydrogens (primary N) is 1. The average Bonchev–Trinajstić information content (AvgIpc) is 2.46. The van der Waals surface area contributed by atoms with E-state index in [-0.39, 0.29) is 11.9 Å². The molecule has 0 aliphatic carbocycles. The summed E-state index contributed by atoms with van der Waals surface area (Å²) in [5.74, 6) is -0.222. The predicted octanol–water partition coefficient (Wildman–Crippen LogP) is 3.93. The summed E-state index contributed by atoms with van der Waals surface area (Å²) in [5.41, 5.74) is 9.96. The Labute approximate surface area is 119 Å². The molecule has 0 amide bonds. The highest BCUT2D eigenvalue weighted by molar-refractivity contribution is 5.70. The zero-order chi connectivity index (χ0) is 14.1. The van der Waals surface area contributed by atoms with E-state index in [1.807, 2.05) is 19.1 Å². The fourth-order valence-corrected chi connectivity index (χ4v) is 3.00. The number of nitrogens with zero attached hydrogens (tertiary/aromatic N) is 1. The van der Waals surface area contributed by atoms with E-state index in [1.54, 1.807) is 6.07 Å². The summed E-state index contributed by atoms with van der Waals surface area (Å²) >= 11 is 0. The lowest BCUT2D eigenvalue weighted by molar-refractivity contribution is 0.592. The first-order valence-electron chi connectivity index (χ1n) is 7.08. The van der Waals surface area contributed by atoms with Crippen molar-refractivity contribution >= 4 is 11.4 Å². The van der Waals surface area contributed by atoms with E-state index in [4.69, 9.17) is 5.73 Å². The molecule has 2 aromatic carbocycles. The van der Waals surface area contributed by atoms with Crippen molar-refractivity contribution in [3.63, 3.8) is 0 Å². The van der Waals surface area contributed by atoms with Crippen molar-refractivity contribution in [2.24, 2.45) is 5.73 Å². The highest BCUT2D eigenvalue weighted by atomic mass is 19.1. The first-order chi connectivity index (χ1) is 9.68. The van der Waals surface area contributed by atoms with E-state index in [9.17, 15) is 4.39 Å². The van der Waals surface area contributed by atoms with Crippen LogP contribution in [-0.4, -0.2) is 6.54 Å². The van der Waals surface area contributed by atoms with Gasteiger partial charge in [-0.1, -0.05) is 24.3 Å². The fraction of sp³-hybridized carbons (Fsp3) is 0.294. The third-order valence-electron chi connectivity index (χ3n) is 3.89. The van der Waals surface area contributed by atoms with E-state index in [1.165, 1.54) is 17.3 Å². The molecule has 0 saturated carbocycles. The standard InChI is InChI=1S/C17H19FN2/c1-12(19)17-14(18)8-4-10-16(17)20-11-5-7-13-6-2-3-9-15(13)20/h2-4,6,8-10,12H,5,7,11,19H2,1H3/t12-/m0/s1. The Balaban J connectivity index is 2.14. The van der Waals surface area contributed by atoms with E-state index in [2.05, 4.69) is 23.1 Å². The molecule has 0 bridgehead atoms. The smallest absolute Gasteiger partial charge is 0.130 e. The van der Waals surface area contributed by atoms with Gasteiger partial charge in [-0.15, -0.1) is 0 Å². The molecule has 1 heterocycles. The Hall–Kier alpha value is -1.87. The SMILES string of the molecule is C[C@H](N)c1c(F)cccc1N1CCCc2ccccc21. The van der Waals surface area contributed by atoms with Gasteiger partial charge in [0.1, 0.15) is 5.82 Å². The predicted molar refractivity (Wildman–Crippen MR) is 80.8 cm³/mol. The van der Waals surface area contributed by atoms with Gasteiger partial charge in [0.05, 0.1) is 0 Å². The number of para-hydroxylation sites is 1. The van der Waals surface area contributed by atoms with Gasteiger partial charge in [0.15, 0.2) is 0 Å². The molecule has 0 unspecified atom stereocenters. The van der Waals surface area contributed by atoms with Gasteiger partial charge in [-0.3, -0.25) is 0 Å². The monoisotopic (exact) mass is 270 g/mol. The molecule has 2 aromatic rings. The summed E-state index contributed by atoms with van der Waals surface area (Å²) in [4.78, 5) is 2.20. The largest absolute Gasteiger partial charge is 0.341 e. The molecule has 1 atom stereocenters. The van der Waals surface area contributed by atoms with Crippen LogP contribution in [0, 0.1) is 5.82 Å². The Kier molecular flexibility index (Phi) is 3.45. The van der Waals surface area contributed by atoms with Crippen LogP contribution < -0.4 is 10.6 Å². The topological polar surface area (TPSA) is 29.3 Å². The van der Waals surface area contributed by atoms with Crippen LogP contribution in [0.5, 0.6) is 0 Å². The minimum Gasteiger partial charge on any atom is -0.341 e.